The normalized spacial score (nSPS) is 13.2. The summed E-state index contributed by atoms with van der Waals surface area (Å²) in [7, 11) is 0. The van der Waals surface area contributed by atoms with Gasteiger partial charge in [0.15, 0.2) is 0 Å². The van der Waals surface area contributed by atoms with Gasteiger partial charge in [-0.1, -0.05) is 30.3 Å². The van der Waals surface area contributed by atoms with E-state index in [1.807, 2.05) is 0 Å². The number of carbonyl (C=O) groups excluding carboxylic acids is 8. The molecule has 0 aliphatic rings. The van der Waals surface area contributed by atoms with E-state index in [9.17, 15) is 57.4 Å². The van der Waals surface area contributed by atoms with Crippen molar-refractivity contribution in [2.24, 2.45) is 5.73 Å². The van der Waals surface area contributed by atoms with Crippen LogP contribution in [-0.4, -0.2) is 118 Å². The smallest absolute Gasteiger partial charge is 0.305 e. The molecule has 3 rings (SSSR count). The maximum atomic E-state index is 14.2. The zero-order valence-electron chi connectivity index (χ0n) is 32.9. The molecule has 7 amide bonds. The molecule has 0 radical (unpaired) electrons. The van der Waals surface area contributed by atoms with Gasteiger partial charge in [0.25, 0.3) is 6.47 Å². The van der Waals surface area contributed by atoms with Gasteiger partial charge in [-0.2, -0.15) is 0 Å². The number of aromatic nitrogens is 1. The van der Waals surface area contributed by atoms with Crippen LogP contribution >= 0.6 is 0 Å². The molecule has 61 heavy (non-hydrogen) atoms. The van der Waals surface area contributed by atoms with Gasteiger partial charge in [-0.3, -0.25) is 47.9 Å². The summed E-state index contributed by atoms with van der Waals surface area (Å²) in [5.41, 5.74) is 7.06. The SMILES string of the molecule is CC(=O)NC(CC(=O)O)C(=O)NC(CCC(=O)O)C(=O)NCC(=O)NC(Cc1cccc(F)c1)C(=O)NC(Cc1c[nH]c2ccccc12)C(=O)NC(CCCOC=O)C(N)=O. The number of H-pyrrole nitrogens is 1. The van der Waals surface area contributed by atoms with E-state index in [0.29, 0.717) is 16.5 Å². The Morgan fingerprint density at radius 1 is 0.770 bits per heavy atom. The molecular formula is C39H47FN8O13. The summed E-state index contributed by atoms with van der Waals surface area (Å²) in [6.45, 7) is 0.314. The first-order valence-electron chi connectivity index (χ1n) is 18.8. The van der Waals surface area contributed by atoms with E-state index in [1.54, 1.807) is 30.5 Å². The van der Waals surface area contributed by atoms with Gasteiger partial charge in [0, 0.05) is 43.3 Å². The van der Waals surface area contributed by atoms with E-state index in [1.165, 1.54) is 12.1 Å². The molecule has 11 N–H and O–H groups in total. The third-order valence-corrected chi connectivity index (χ3v) is 8.97. The summed E-state index contributed by atoms with van der Waals surface area (Å²) in [4.78, 5) is 127. The molecule has 21 nitrogen and oxygen atoms in total. The molecular weight excluding hydrogens is 807 g/mol. The largest absolute Gasteiger partial charge is 0.481 e. The van der Waals surface area contributed by atoms with Gasteiger partial charge in [-0.15, -0.1) is 0 Å². The van der Waals surface area contributed by atoms with E-state index in [-0.39, 0.29) is 44.3 Å². The topological polar surface area (TPSA) is 334 Å². The molecule has 0 spiro atoms. The zero-order chi connectivity index (χ0) is 45.1. The minimum atomic E-state index is -1.63. The monoisotopic (exact) mass is 854 g/mol. The molecule has 0 aliphatic carbocycles. The molecule has 328 valence electrons. The number of para-hydroxylation sites is 1. The number of rotatable bonds is 26. The van der Waals surface area contributed by atoms with Crippen LogP contribution in [0, 0.1) is 5.82 Å². The number of primary amides is 1. The quantitative estimate of drug-likeness (QED) is 0.0323. The highest BCUT2D eigenvalue weighted by atomic mass is 19.1. The van der Waals surface area contributed by atoms with Gasteiger partial charge in [0.2, 0.25) is 41.4 Å². The number of amides is 7. The second-order valence-corrected chi connectivity index (χ2v) is 13.7. The molecule has 3 aromatic rings. The maximum Gasteiger partial charge on any atom is 0.305 e. The lowest BCUT2D eigenvalue weighted by atomic mass is 10.0. The lowest BCUT2D eigenvalue weighted by molar-refractivity contribution is -0.141. The molecule has 0 aliphatic heterocycles. The van der Waals surface area contributed by atoms with Crippen LogP contribution in [0.3, 0.4) is 0 Å². The second-order valence-electron chi connectivity index (χ2n) is 13.7. The van der Waals surface area contributed by atoms with Crippen LogP contribution in [0.25, 0.3) is 10.9 Å². The minimum Gasteiger partial charge on any atom is -0.481 e. The number of nitrogens with two attached hydrogens (primary N) is 1. The number of ether oxygens (including phenoxy) is 1. The van der Waals surface area contributed by atoms with Crippen LogP contribution in [0.15, 0.2) is 54.7 Å². The van der Waals surface area contributed by atoms with Crippen LogP contribution < -0.4 is 37.6 Å². The Morgan fingerprint density at radius 2 is 1.43 bits per heavy atom. The molecule has 0 fully saturated rings. The van der Waals surface area contributed by atoms with E-state index in [2.05, 4.69) is 41.6 Å². The number of aliphatic carboxylic acids is 2. The first-order valence-corrected chi connectivity index (χ1v) is 18.8. The van der Waals surface area contributed by atoms with Gasteiger partial charge in [-0.05, 0) is 48.6 Å². The third kappa shape index (κ3) is 16.4. The molecule has 1 aromatic heterocycles. The highest BCUT2D eigenvalue weighted by molar-refractivity contribution is 5.97. The number of nitrogens with one attached hydrogen (secondary N) is 7. The van der Waals surface area contributed by atoms with E-state index < -0.39 is 115 Å². The van der Waals surface area contributed by atoms with E-state index in [4.69, 9.17) is 10.8 Å². The number of carbonyl (C=O) groups is 10. The fourth-order valence-corrected chi connectivity index (χ4v) is 6.06. The van der Waals surface area contributed by atoms with Crippen molar-refractivity contribution in [2.45, 2.75) is 82.1 Å². The van der Waals surface area contributed by atoms with Gasteiger partial charge < -0.3 is 57.6 Å². The van der Waals surface area contributed by atoms with E-state index in [0.717, 1.165) is 19.1 Å². The third-order valence-electron chi connectivity index (χ3n) is 8.97. The second kappa shape index (κ2) is 23.9. The Hall–Kier alpha value is -7.39. The average molecular weight is 855 g/mol. The summed E-state index contributed by atoms with van der Waals surface area (Å²) < 4.78 is 18.9. The Balaban J connectivity index is 1.86. The summed E-state index contributed by atoms with van der Waals surface area (Å²) in [5, 5.41) is 33.1. The number of carboxylic acid groups (broad SMARTS) is 2. The Kier molecular flexibility index (Phi) is 18.8. The van der Waals surface area contributed by atoms with Crippen LogP contribution in [0.2, 0.25) is 0 Å². The molecule has 0 saturated heterocycles. The molecule has 5 atom stereocenters. The summed E-state index contributed by atoms with van der Waals surface area (Å²) in [6.07, 6.45) is -0.761. The zero-order valence-corrected chi connectivity index (χ0v) is 32.9. The van der Waals surface area contributed by atoms with Gasteiger partial charge in [-0.25, -0.2) is 4.39 Å². The van der Waals surface area contributed by atoms with Crippen LogP contribution in [-0.2, 0) is 65.5 Å². The predicted molar refractivity (Wildman–Crippen MR) is 210 cm³/mol. The van der Waals surface area contributed by atoms with Crippen molar-refractivity contribution in [3.05, 3.63) is 71.7 Å². The summed E-state index contributed by atoms with van der Waals surface area (Å²) >= 11 is 0. The average Bonchev–Trinajstić information content (AvgIpc) is 3.60. The van der Waals surface area contributed by atoms with Gasteiger partial charge >= 0.3 is 11.9 Å². The Morgan fingerprint density at radius 3 is 2.07 bits per heavy atom. The van der Waals surface area contributed by atoms with Crippen molar-refractivity contribution in [1.29, 1.82) is 0 Å². The minimum absolute atomic E-state index is 0.0221. The number of fused-ring (bicyclic) bond motifs is 1. The molecule has 0 bridgehead atoms. The first-order chi connectivity index (χ1) is 29.0. The number of halogens is 1. The Labute approximate surface area is 347 Å². The summed E-state index contributed by atoms with van der Waals surface area (Å²) in [5.74, 6) is -10.2. The van der Waals surface area contributed by atoms with Crippen LogP contribution in [0.4, 0.5) is 4.39 Å². The van der Waals surface area contributed by atoms with E-state index >= 15 is 0 Å². The molecule has 2 aromatic carbocycles. The Bertz CT molecular complexity index is 2080. The number of hydrogen-bond acceptors (Lipinski definition) is 11. The number of aromatic amines is 1. The lowest BCUT2D eigenvalue weighted by Crippen LogP contribution is -2.58. The van der Waals surface area contributed by atoms with Crippen LogP contribution in [0.1, 0.15) is 50.2 Å². The predicted octanol–water partition coefficient (Wildman–Crippen LogP) is -1.57. The van der Waals surface area contributed by atoms with Crippen molar-refractivity contribution in [3.63, 3.8) is 0 Å². The number of hydrogen-bond donors (Lipinski definition) is 10. The van der Waals surface area contributed by atoms with Crippen molar-refractivity contribution in [3.8, 4) is 0 Å². The highest BCUT2D eigenvalue weighted by Crippen LogP contribution is 2.20. The molecule has 0 saturated carbocycles. The molecule has 1 heterocycles. The summed E-state index contributed by atoms with van der Waals surface area (Å²) in [6, 6.07) is 4.72. The highest BCUT2D eigenvalue weighted by Gasteiger charge is 2.32. The van der Waals surface area contributed by atoms with Crippen molar-refractivity contribution < 1.29 is 67.3 Å². The van der Waals surface area contributed by atoms with Gasteiger partial charge in [0.1, 0.15) is 36.0 Å². The number of benzene rings is 2. The lowest BCUT2D eigenvalue weighted by Gasteiger charge is -2.25. The molecule has 22 heteroatoms. The number of carboxylic acids is 2. The fourth-order valence-electron chi connectivity index (χ4n) is 6.06. The van der Waals surface area contributed by atoms with Crippen molar-refractivity contribution in [1.82, 2.24) is 36.9 Å². The first kappa shape index (κ1) is 48.0. The fraction of sp³-hybridized carbons (Fsp3) is 0.385. The van der Waals surface area contributed by atoms with Crippen LogP contribution in [0.5, 0.6) is 0 Å². The molecule has 5 unspecified atom stereocenters. The maximum absolute atomic E-state index is 14.2. The van der Waals surface area contributed by atoms with Crippen molar-refractivity contribution >= 4 is 70.7 Å². The van der Waals surface area contributed by atoms with Gasteiger partial charge in [0.05, 0.1) is 19.6 Å². The standard InChI is InChI=1S/C39H47FN8O13/c1-21(50)44-31(17-34(54)55)39(60)47-28(11-12-33(52)53)36(57)43-19-32(51)45-29(15-22-6-4-7-24(40)14-22)37(58)48-30(16-23-18-42-26-9-3-2-8-25(23)26)38(59)46-27(35(41)56)10-5-13-61-20-49/h2-4,6-9,14,18,20,27-31,42H,5,10-13,15-17,19H2,1H3,(H2,41,56)(H,43,57)(H,44,50)(H,45,51)(H,46,59)(H,47,60)(H,48,58)(H,52,53)(H,54,55). The van der Waals surface area contributed by atoms with Crippen molar-refractivity contribution in [2.75, 3.05) is 13.2 Å².